The lowest BCUT2D eigenvalue weighted by molar-refractivity contribution is -0.515. The molecule has 0 heterocycles. The Morgan fingerprint density at radius 2 is 2.19 bits per heavy atom. The van der Waals surface area contributed by atoms with E-state index < -0.39 is 6.04 Å². The Kier molecular flexibility index (Phi) is 4.99. The molecule has 0 aromatic heterocycles. The fraction of sp³-hybridized carbons (Fsp3) is 0.400. The zero-order valence-electron chi connectivity index (χ0n) is 8.74. The van der Waals surface area contributed by atoms with Crippen LogP contribution in [0.1, 0.15) is 12.5 Å². The maximum atomic E-state index is 10.4. The molecular weight excluding hydrogens is 251 g/mol. The molecule has 1 rings (SSSR count). The van der Waals surface area contributed by atoms with E-state index >= 15 is 0 Å². The lowest BCUT2D eigenvalue weighted by atomic mass is 10.2. The van der Waals surface area contributed by atoms with Crippen LogP contribution in [-0.2, 0) is 6.54 Å². The van der Waals surface area contributed by atoms with E-state index in [1.807, 2.05) is 0 Å². The van der Waals surface area contributed by atoms with Gasteiger partial charge < -0.3 is 5.32 Å². The summed E-state index contributed by atoms with van der Waals surface area (Å²) >= 11 is 11.7. The van der Waals surface area contributed by atoms with Crippen molar-refractivity contribution in [2.45, 2.75) is 19.5 Å². The van der Waals surface area contributed by atoms with Crippen LogP contribution >= 0.6 is 23.2 Å². The summed E-state index contributed by atoms with van der Waals surface area (Å²) in [4.78, 5) is 10.1. The predicted octanol–water partition coefficient (Wildman–Crippen LogP) is 2.75. The van der Waals surface area contributed by atoms with Crippen molar-refractivity contribution in [2.75, 3.05) is 6.54 Å². The van der Waals surface area contributed by atoms with Crippen molar-refractivity contribution in [2.24, 2.45) is 0 Å². The number of hydrogen-bond donors (Lipinski definition) is 1. The largest absolute Gasteiger partial charge is 0.306 e. The van der Waals surface area contributed by atoms with E-state index in [1.165, 1.54) is 0 Å². The van der Waals surface area contributed by atoms with Gasteiger partial charge in [-0.15, -0.1) is 0 Å². The molecular formula is C10H12Cl2N2O2. The molecule has 0 fully saturated rings. The second kappa shape index (κ2) is 6.03. The van der Waals surface area contributed by atoms with Crippen molar-refractivity contribution in [1.82, 2.24) is 5.32 Å². The smallest absolute Gasteiger partial charge is 0.222 e. The first-order valence-electron chi connectivity index (χ1n) is 4.79. The van der Waals surface area contributed by atoms with Gasteiger partial charge in [0.25, 0.3) is 0 Å². The molecule has 0 bridgehead atoms. The number of hydrogen-bond acceptors (Lipinski definition) is 3. The minimum atomic E-state index is -0.605. The van der Waals surface area contributed by atoms with Crippen LogP contribution in [0.5, 0.6) is 0 Å². The van der Waals surface area contributed by atoms with Crippen molar-refractivity contribution >= 4 is 23.2 Å². The molecule has 16 heavy (non-hydrogen) atoms. The minimum Gasteiger partial charge on any atom is -0.306 e. The lowest BCUT2D eigenvalue weighted by Crippen LogP contribution is -2.30. The van der Waals surface area contributed by atoms with Gasteiger partial charge in [0.2, 0.25) is 6.04 Å². The van der Waals surface area contributed by atoms with E-state index in [9.17, 15) is 10.1 Å². The first kappa shape index (κ1) is 13.2. The van der Waals surface area contributed by atoms with Crippen molar-refractivity contribution in [3.05, 3.63) is 43.9 Å². The van der Waals surface area contributed by atoms with E-state index in [0.717, 1.165) is 5.56 Å². The normalized spacial score (nSPS) is 12.4. The van der Waals surface area contributed by atoms with E-state index in [1.54, 1.807) is 25.1 Å². The Balaban J connectivity index is 2.46. The average molecular weight is 263 g/mol. The summed E-state index contributed by atoms with van der Waals surface area (Å²) in [6, 6.07) is 4.58. The minimum absolute atomic E-state index is 0.311. The first-order valence-corrected chi connectivity index (χ1v) is 5.54. The molecule has 0 spiro atoms. The zero-order valence-corrected chi connectivity index (χ0v) is 10.3. The quantitative estimate of drug-likeness (QED) is 0.656. The predicted molar refractivity (Wildman–Crippen MR) is 64.6 cm³/mol. The Labute approximate surface area is 104 Å². The molecule has 0 aliphatic rings. The van der Waals surface area contributed by atoms with Crippen LogP contribution in [0.25, 0.3) is 0 Å². The molecule has 1 unspecified atom stereocenters. The maximum Gasteiger partial charge on any atom is 0.222 e. The van der Waals surface area contributed by atoms with Crippen LogP contribution in [0.15, 0.2) is 18.2 Å². The molecule has 0 aliphatic carbocycles. The Bertz CT molecular complexity index is 385. The number of nitrogens with one attached hydrogen (secondary N) is 1. The van der Waals surface area contributed by atoms with Crippen LogP contribution in [0.3, 0.4) is 0 Å². The van der Waals surface area contributed by atoms with E-state index in [-0.39, 0.29) is 4.92 Å². The van der Waals surface area contributed by atoms with Gasteiger partial charge in [0.1, 0.15) is 0 Å². The summed E-state index contributed by atoms with van der Waals surface area (Å²) in [7, 11) is 0. The molecule has 0 saturated heterocycles. The SMILES string of the molecule is CC(CNCc1ccc(Cl)cc1Cl)[N+](=O)[O-]. The van der Waals surface area contributed by atoms with Crippen LogP contribution in [0, 0.1) is 10.1 Å². The van der Waals surface area contributed by atoms with Crippen molar-refractivity contribution in [3.8, 4) is 0 Å². The molecule has 6 heteroatoms. The molecule has 1 aromatic rings. The third-order valence-corrected chi connectivity index (χ3v) is 2.72. The fourth-order valence-corrected chi connectivity index (χ4v) is 1.63. The molecule has 88 valence electrons. The summed E-state index contributed by atoms with van der Waals surface area (Å²) in [6.07, 6.45) is 0. The first-order chi connectivity index (χ1) is 7.50. The zero-order chi connectivity index (χ0) is 12.1. The van der Waals surface area contributed by atoms with Crippen molar-refractivity contribution < 1.29 is 4.92 Å². The highest BCUT2D eigenvalue weighted by atomic mass is 35.5. The maximum absolute atomic E-state index is 10.4. The fourth-order valence-electron chi connectivity index (χ4n) is 1.16. The van der Waals surface area contributed by atoms with E-state index in [4.69, 9.17) is 23.2 Å². The summed E-state index contributed by atoms with van der Waals surface area (Å²) in [5, 5.41) is 14.5. The van der Waals surface area contributed by atoms with Gasteiger partial charge in [-0.25, -0.2) is 0 Å². The highest BCUT2D eigenvalue weighted by molar-refractivity contribution is 6.35. The van der Waals surface area contributed by atoms with E-state index in [0.29, 0.717) is 23.1 Å². The van der Waals surface area contributed by atoms with Crippen LogP contribution in [0.2, 0.25) is 10.0 Å². The average Bonchev–Trinajstić information content (AvgIpc) is 2.20. The van der Waals surface area contributed by atoms with Crippen LogP contribution in [0.4, 0.5) is 0 Å². The van der Waals surface area contributed by atoms with Crippen LogP contribution < -0.4 is 5.32 Å². The molecule has 0 radical (unpaired) electrons. The summed E-state index contributed by atoms with van der Waals surface area (Å²) in [5.74, 6) is 0. The molecule has 1 aromatic carbocycles. The van der Waals surface area contributed by atoms with Crippen molar-refractivity contribution in [1.29, 1.82) is 0 Å². The van der Waals surface area contributed by atoms with Gasteiger partial charge in [-0.1, -0.05) is 29.3 Å². The third kappa shape index (κ3) is 3.96. The number of halogens is 2. The van der Waals surface area contributed by atoms with Gasteiger partial charge in [0.15, 0.2) is 0 Å². The van der Waals surface area contributed by atoms with Gasteiger partial charge in [-0.05, 0) is 17.7 Å². The molecule has 0 aliphatic heterocycles. The molecule has 4 nitrogen and oxygen atoms in total. The molecule has 1 atom stereocenters. The highest BCUT2D eigenvalue weighted by Gasteiger charge is 2.11. The van der Waals surface area contributed by atoms with Gasteiger partial charge in [-0.2, -0.15) is 0 Å². The lowest BCUT2D eigenvalue weighted by Gasteiger charge is -2.08. The van der Waals surface area contributed by atoms with Gasteiger partial charge in [0, 0.05) is 28.4 Å². The second-order valence-electron chi connectivity index (χ2n) is 3.50. The number of rotatable bonds is 5. The molecule has 0 amide bonds. The van der Waals surface area contributed by atoms with Crippen molar-refractivity contribution in [3.63, 3.8) is 0 Å². The third-order valence-electron chi connectivity index (χ3n) is 2.13. The summed E-state index contributed by atoms with van der Waals surface area (Å²) in [5.41, 5.74) is 0.876. The standard InChI is InChI=1S/C10H12Cl2N2O2/c1-7(14(15)16)5-13-6-8-2-3-9(11)4-10(8)12/h2-4,7,13H,5-6H2,1H3. The summed E-state index contributed by atoms with van der Waals surface area (Å²) in [6.45, 7) is 2.36. The van der Waals surface area contributed by atoms with Gasteiger partial charge >= 0.3 is 0 Å². The van der Waals surface area contributed by atoms with Gasteiger partial charge in [-0.3, -0.25) is 10.1 Å². The number of nitrogens with zero attached hydrogens (tertiary/aromatic N) is 1. The van der Waals surface area contributed by atoms with E-state index in [2.05, 4.69) is 5.32 Å². The molecule has 0 saturated carbocycles. The topological polar surface area (TPSA) is 55.2 Å². The second-order valence-corrected chi connectivity index (χ2v) is 4.34. The van der Waals surface area contributed by atoms with Gasteiger partial charge in [0.05, 0.1) is 6.54 Å². The summed E-state index contributed by atoms with van der Waals surface area (Å²) < 4.78 is 0. The number of benzene rings is 1. The Hall–Kier alpha value is -0.840. The monoisotopic (exact) mass is 262 g/mol. The molecule has 1 N–H and O–H groups in total. The number of nitro groups is 1. The Morgan fingerprint density at radius 3 is 2.75 bits per heavy atom. The Morgan fingerprint density at radius 1 is 1.50 bits per heavy atom. The highest BCUT2D eigenvalue weighted by Crippen LogP contribution is 2.20. The van der Waals surface area contributed by atoms with Crippen LogP contribution in [-0.4, -0.2) is 17.5 Å².